The Bertz CT molecular complexity index is 397. The Morgan fingerprint density at radius 3 is 2.38 bits per heavy atom. The van der Waals surface area contributed by atoms with E-state index < -0.39 is 0 Å². The lowest BCUT2D eigenvalue weighted by Gasteiger charge is -2.24. The van der Waals surface area contributed by atoms with Crippen LogP contribution < -0.4 is 5.32 Å². The Kier molecular flexibility index (Phi) is 8.68. The summed E-state index contributed by atoms with van der Waals surface area (Å²) in [6, 6.07) is 7.56. The first kappa shape index (κ1) is 18.2. The van der Waals surface area contributed by atoms with Crippen LogP contribution in [-0.4, -0.2) is 12.6 Å². The lowest BCUT2D eigenvalue weighted by molar-refractivity contribution is 0.350. The third-order valence-electron chi connectivity index (χ3n) is 4.71. The molecule has 1 heteroatoms. The fourth-order valence-corrected chi connectivity index (χ4v) is 3.13. The fourth-order valence-electron chi connectivity index (χ4n) is 3.13. The molecule has 0 heterocycles. The largest absolute Gasteiger partial charge is 0.314 e. The first-order valence-electron chi connectivity index (χ1n) is 8.90. The van der Waals surface area contributed by atoms with Crippen molar-refractivity contribution >= 4 is 0 Å². The van der Waals surface area contributed by atoms with Crippen molar-refractivity contribution in [1.82, 2.24) is 5.32 Å². The number of nitrogens with one attached hydrogen (secondary N) is 1. The van der Waals surface area contributed by atoms with E-state index in [2.05, 4.69) is 58.1 Å². The van der Waals surface area contributed by atoms with Gasteiger partial charge in [-0.15, -0.1) is 0 Å². The zero-order chi connectivity index (χ0) is 15.7. The Morgan fingerprint density at radius 2 is 1.81 bits per heavy atom. The van der Waals surface area contributed by atoms with Gasteiger partial charge in [0.2, 0.25) is 0 Å². The molecule has 0 saturated heterocycles. The Morgan fingerprint density at radius 1 is 1.05 bits per heavy atom. The minimum Gasteiger partial charge on any atom is -0.314 e. The molecule has 0 amide bonds. The molecule has 0 aliphatic rings. The van der Waals surface area contributed by atoms with Crippen molar-refractivity contribution < 1.29 is 0 Å². The van der Waals surface area contributed by atoms with Crippen molar-refractivity contribution in [2.24, 2.45) is 5.92 Å². The summed E-state index contributed by atoms with van der Waals surface area (Å²) in [6.07, 6.45) is 7.88. The van der Waals surface area contributed by atoms with Crippen LogP contribution in [0.25, 0.3) is 0 Å². The highest BCUT2D eigenvalue weighted by molar-refractivity contribution is 5.30. The van der Waals surface area contributed by atoms with E-state index in [9.17, 15) is 0 Å². The van der Waals surface area contributed by atoms with Crippen LogP contribution in [0.3, 0.4) is 0 Å². The van der Waals surface area contributed by atoms with Gasteiger partial charge in [-0.05, 0) is 55.8 Å². The molecular weight excluding hydrogens is 254 g/mol. The van der Waals surface area contributed by atoms with E-state index in [-0.39, 0.29) is 0 Å². The minimum absolute atomic E-state index is 0.624. The van der Waals surface area contributed by atoms with Gasteiger partial charge >= 0.3 is 0 Å². The highest BCUT2D eigenvalue weighted by Crippen LogP contribution is 2.21. The summed E-state index contributed by atoms with van der Waals surface area (Å²) < 4.78 is 0. The number of hydrogen-bond donors (Lipinski definition) is 1. The SMILES string of the molecule is CCCCC(CC)CC(Cc1ccc(C)c(C)c1)NCC. The summed E-state index contributed by atoms with van der Waals surface area (Å²) >= 11 is 0. The maximum atomic E-state index is 3.71. The Labute approximate surface area is 132 Å². The van der Waals surface area contributed by atoms with Gasteiger partial charge in [-0.3, -0.25) is 0 Å². The predicted molar refractivity (Wildman–Crippen MR) is 95.0 cm³/mol. The van der Waals surface area contributed by atoms with Gasteiger partial charge in [0.05, 0.1) is 0 Å². The van der Waals surface area contributed by atoms with Gasteiger partial charge in [0.15, 0.2) is 0 Å². The molecule has 2 atom stereocenters. The zero-order valence-electron chi connectivity index (χ0n) is 14.8. The molecule has 1 N–H and O–H groups in total. The van der Waals surface area contributed by atoms with Crippen LogP contribution in [0.5, 0.6) is 0 Å². The highest BCUT2D eigenvalue weighted by atomic mass is 14.9. The van der Waals surface area contributed by atoms with E-state index in [1.54, 1.807) is 0 Å². The molecule has 0 spiro atoms. The van der Waals surface area contributed by atoms with Crippen LogP contribution in [-0.2, 0) is 6.42 Å². The molecule has 1 nitrogen and oxygen atoms in total. The van der Waals surface area contributed by atoms with Gasteiger partial charge in [0, 0.05) is 6.04 Å². The second kappa shape index (κ2) is 10.00. The van der Waals surface area contributed by atoms with Gasteiger partial charge < -0.3 is 5.32 Å². The quantitative estimate of drug-likeness (QED) is 0.605. The average Bonchev–Trinajstić information content (AvgIpc) is 2.47. The first-order valence-corrected chi connectivity index (χ1v) is 8.90. The molecular formula is C20H35N. The molecule has 21 heavy (non-hydrogen) atoms. The van der Waals surface area contributed by atoms with E-state index >= 15 is 0 Å². The van der Waals surface area contributed by atoms with Crippen LogP contribution >= 0.6 is 0 Å². The predicted octanol–water partition coefficient (Wildman–Crippen LogP) is 5.43. The maximum absolute atomic E-state index is 3.71. The van der Waals surface area contributed by atoms with Crippen molar-refractivity contribution in [2.45, 2.75) is 79.2 Å². The van der Waals surface area contributed by atoms with Gasteiger partial charge in [0.25, 0.3) is 0 Å². The van der Waals surface area contributed by atoms with E-state index in [0.29, 0.717) is 6.04 Å². The molecule has 0 fully saturated rings. The van der Waals surface area contributed by atoms with Gasteiger partial charge in [-0.1, -0.05) is 64.7 Å². The third kappa shape index (κ3) is 6.65. The van der Waals surface area contributed by atoms with Gasteiger partial charge in [0.1, 0.15) is 0 Å². The standard InChI is InChI=1S/C20H35N/c1-6-9-10-18(7-2)14-20(21-8-3)15-19-12-11-16(4)17(5)13-19/h11-13,18,20-21H,6-10,14-15H2,1-5H3. The number of rotatable bonds is 10. The number of likely N-dealkylation sites (N-methyl/N-ethyl adjacent to an activating group) is 1. The number of aryl methyl sites for hydroxylation is 2. The van der Waals surface area contributed by atoms with Crippen molar-refractivity contribution in [3.63, 3.8) is 0 Å². The molecule has 0 aliphatic heterocycles. The molecule has 0 saturated carbocycles. The van der Waals surface area contributed by atoms with Crippen LogP contribution in [0.15, 0.2) is 18.2 Å². The van der Waals surface area contributed by atoms with Crippen LogP contribution in [0.2, 0.25) is 0 Å². The van der Waals surface area contributed by atoms with E-state index in [0.717, 1.165) is 18.9 Å². The summed E-state index contributed by atoms with van der Waals surface area (Å²) in [6.45, 7) is 12.3. The van der Waals surface area contributed by atoms with Crippen molar-refractivity contribution in [1.29, 1.82) is 0 Å². The second-order valence-corrected chi connectivity index (χ2v) is 6.53. The Balaban J connectivity index is 2.64. The van der Waals surface area contributed by atoms with Crippen LogP contribution in [0.1, 0.15) is 69.6 Å². The van der Waals surface area contributed by atoms with E-state index in [1.165, 1.54) is 48.8 Å². The minimum atomic E-state index is 0.624. The molecule has 120 valence electrons. The number of unbranched alkanes of at least 4 members (excludes halogenated alkanes) is 1. The first-order chi connectivity index (χ1) is 10.1. The van der Waals surface area contributed by atoms with Crippen LogP contribution in [0, 0.1) is 19.8 Å². The molecule has 1 aromatic rings. The fraction of sp³-hybridized carbons (Fsp3) is 0.700. The van der Waals surface area contributed by atoms with Crippen LogP contribution in [0.4, 0.5) is 0 Å². The summed E-state index contributed by atoms with van der Waals surface area (Å²) in [5.41, 5.74) is 4.29. The van der Waals surface area contributed by atoms with Gasteiger partial charge in [-0.2, -0.15) is 0 Å². The van der Waals surface area contributed by atoms with Gasteiger partial charge in [-0.25, -0.2) is 0 Å². The highest BCUT2D eigenvalue weighted by Gasteiger charge is 2.15. The molecule has 0 aliphatic carbocycles. The summed E-state index contributed by atoms with van der Waals surface area (Å²) in [5.74, 6) is 0.876. The van der Waals surface area contributed by atoms with E-state index in [1.807, 2.05) is 0 Å². The molecule has 0 radical (unpaired) electrons. The lowest BCUT2D eigenvalue weighted by Crippen LogP contribution is -2.33. The Hall–Kier alpha value is -0.820. The molecule has 2 unspecified atom stereocenters. The normalized spacial score (nSPS) is 14.1. The summed E-state index contributed by atoms with van der Waals surface area (Å²) in [4.78, 5) is 0. The zero-order valence-corrected chi connectivity index (χ0v) is 14.8. The second-order valence-electron chi connectivity index (χ2n) is 6.53. The number of benzene rings is 1. The lowest BCUT2D eigenvalue weighted by atomic mass is 9.89. The summed E-state index contributed by atoms with van der Waals surface area (Å²) in [5, 5.41) is 3.71. The maximum Gasteiger partial charge on any atom is 0.0110 e. The summed E-state index contributed by atoms with van der Waals surface area (Å²) in [7, 11) is 0. The molecule has 0 aromatic heterocycles. The topological polar surface area (TPSA) is 12.0 Å². The van der Waals surface area contributed by atoms with Crippen molar-refractivity contribution in [2.75, 3.05) is 6.54 Å². The third-order valence-corrected chi connectivity index (χ3v) is 4.71. The molecule has 0 bridgehead atoms. The van der Waals surface area contributed by atoms with Crippen molar-refractivity contribution in [3.05, 3.63) is 34.9 Å². The number of hydrogen-bond acceptors (Lipinski definition) is 1. The van der Waals surface area contributed by atoms with E-state index in [4.69, 9.17) is 0 Å². The molecule has 1 rings (SSSR count). The smallest absolute Gasteiger partial charge is 0.0110 e. The van der Waals surface area contributed by atoms with Crippen molar-refractivity contribution in [3.8, 4) is 0 Å². The molecule has 1 aromatic carbocycles. The monoisotopic (exact) mass is 289 g/mol. The average molecular weight is 290 g/mol.